The van der Waals surface area contributed by atoms with Crippen molar-refractivity contribution in [2.45, 2.75) is 12.8 Å². The lowest BCUT2D eigenvalue weighted by molar-refractivity contribution is -0.124. The highest BCUT2D eigenvalue weighted by atomic mass is 16.5. The molecule has 3 heteroatoms. The van der Waals surface area contributed by atoms with Crippen LogP contribution in [0.1, 0.15) is 12.8 Å². The number of ether oxygens (including phenoxy) is 1. The Bertz CT molecular complexity index is 121. The average Bonchev–Trinajstić information content (AvgIpc) is 2.67. The predicted octanol–water partition coefficient (Wildman–Crippen LogP) is 0.159. The molecule has 58 valence electrons. The van der Waals surface area contributed by atoms with Crippen molar-refractivity contribution in [2.24, 2.45) is 5.92 Å². The minimum absolute atomic E-state index is 0.00519. The fraction of sp³-hybridized carbons (Fsp3) is 0.857. The maximum atomic E-state index is 10.7. The van der Waals surface area contributed by atoms with E-state index in [0.29, 0.717) is 0 Å². The third-order valence-corrected chi connectivity index (χ3v) is 1.56. The summed E-state index contributed by atoms with van der Waals surface area (Å²) in [5, 5.41) is 2.78. The van der Waals surface area contributed by atoms with Gasteiger partial charge in [-0.05, 0) is 18.8 Å². The van der Waals surface area contributed by atoms with Crippen molar-refractivity contribution >= 4 is 5.91 Å². The molecule has 1 N–H and O–H groups in total. The second-order valence-corrected chi connectivity index (χ2v) is 2.68. The molecule has 1 rings (SSSR count). The van der Waals surface area contributed by atoms with Crippen LogP contribution in [0.5, 0.6) is 0 Å². The molecule has 0 radical (unpaired) electrons. The first-order valence-corrected chi connectivity index (χ1v) is 3.58. The van der Waals surface area contributed by atoms with Gasteiger partial charge in [-0.15, -0.1) is 0 Å². The quantitative estimate of drug-likeness (QED) is 0.608. The van der Waals surface area contributed by atoms with Crippen molar-refractivity contribution in [3.63, 3.8) is 0 Å². The molecule has 0 aromatic carbocycles. The number of rotatable bonds is 4. The molecule has 0 spiro atoms. The maximum Gasteiger partial charge on any atom is 0.245 e. The summed E-state index contributed by atoms with van der Waals surface area (Å²) in [5.41, 5.74) is 0. The molecule has 0 bridgehead atoms. The number of carbonyl (C=O) groups excluding carboxylic acids is 1. The number of hydrogen-bond donors (Lipinski definition) is 1. The summed E-state index contributed by atoms with van der Waals surface area (Å²) in [5.74, 6) is 0.746. The van der Waals surface area contributed by atoms with E-state index in [4.69, 9.17) is 0 Å². The second kappa shape index (κ2) is 3.56. The van der Waals surface area contributed by atoms with Gasteiger partial charge in [-0.3, -0.25) is 4.79 Å². The molecule has 1 amide bonds. The third-order valence-electron chi connectivity index (χ3n) is 1.56. The Morgan fingerprint density at radius 2 is 2.40 bits per heavy atom. The van der Waals surface area contributed by atoms with Gasteiger partial charge in [-0.2, -0.15) is 0 Å². The second-order valence-electron chi connectivity index (χ2n) is 2.68. The third kappa shape index (κ3) is 2.82. The zero-order chi connectivity index (χ0) is 7.40. The Balaban J connectivity index is 1.94. The standard InChI is InChI=1S/C7H13NO2/c1-10-5-7(9)8-4-6-2-3-6/h6H,2-5H2,1H3,(H,8,9). The van der Waals surface area contributed by atoms with Gasteiger partial charge in [0.25, 0.3) is 0 Å². The first-order chi connectivity index (χ1) is 4.83. The molecule has 3 nitrogen and oxygen atoms in total. The monoisotopic (exact) mass is 143 g/mol. The van der Waals surface area contributed by atoms with Crippen LogP contribution in [0.4, 0.5) is 0 Å². The van der Waals surface area contributed by atoms with Crippen molar-refractivity contribution in [1.29, 1.82) is 0 Å². The van der Waals surface area contributed by atoms with Gasteiger partial charge < -0.3 is 10.1 Å². The topological polar surface area (TPSA) is 38.3 Å². The van der Waals surface area contributed by atoms with Crippen LogP contribution in [0.15, 0.2) is 0 Å². The van der Waals surface area contributed by atoms with E-state index in [0.717, 1.165) is 12.5 Å². The molecule has 0 heterocycles. The van der Waals surface area contributed by atoms with Gasteiger partial charge in [0.2, 0.25) is 5.91 Å². The summed E-state index contributed by atoms with van der Waals surface area (Å²) in [6, 6.07) is 0. The Morgan fingerprint density at radius 1 is 1.70 bits per heavy atom. The van der Waals surface area contributed by atoms with Crippen LogP contribution in [-0.2, 0) is 9.53 Å². The van der Waals surface area contributed by atoms with Crippen molar-refractivity contribution < 1.29 is 9.53 Å². The Morgan fingerprint density at radius 3 is 2.90 bits per heavy atom. The van der Waals surface area contributed by atoms with Crippen LogP contribution < -0.4 is 5.32 Å². The highest BCUT2D eigenvalue weighted by Crippen LogP contribution is 2.27. The molecule has 0 saturated heterocycles. The van der Waals surface area contributed by atoms with E-state index in [1.165, 1.54) is 20.0 Å². The molecule has 1 saturated carbocycles. The fourth-order valence-corrected chi connectivity index (χ4v) is 0.762. The SMILES string of the molecule is COCC(=O)NCC1CC1. The Kier molecular flexibility index (Phi) is 2.68. The molecule has 0 atom stereocenters. The summed E-state index contributed by atoms with van der Waals surface area (Å²) in [7, 11) is 1.52. The molecule has 1 aliphatic rings. The minimum atomic E-state index is -0.00519. The number of amides is 1. The van der Waals surface area contributed by atoms with Crippen LogP contribution in [-0.4, -0.2) is 26.2 Å². The van der Waals surface area contributed by atoms with Gasteiger partial charge in [0.15, 0.2) is 0 Å². The van der Waals surface area contributed by atoms with Crippen LogP contribution in [0.2, 0.25) is 0 Å². The van der Waals surface area contributed by atoms with E-state index >= 15 is 0 Å². The molecule has 1 aliphatic carbocycles. The molecular formula is C7H13NO2. The Hall–Kier alpha value is -0.570. The van der Waals surface area contributed by atoms with Crippen molar-refractivity contribution in [1.82, 2.24) is 5.32 Å². The summed E-state index contributed by atoms with van der Waals surface area (Å²) in [4.78, 5) is 10.7. The highest BCUT2D eigenvalue weighted by Gasteiger charge is 2.21. The molecule has 1 fully saturated rings. The number of methoxy groups -OCH3 is 1. The van der Waals surface area contributed by atoms with Crippen LogP contribution in [0.25, 0.3) is 0 Å². The highest BCUT2D eigenvalue weighted by molar-refractivity contribution is 5.77. The molecular weight excluding hydrogens is 130 g/mol. The van der Waals surface area contributed by atoms with Gasteiger partial charge in [-0.25, -0.2) is 0 Å². The number of hydrogen-bond acceptors (Lipinski definition) is 2. The lowest BCUT2D eigenvalue weighted by atomic mass is 10.4. The minimum Gasteiger partial charge on any atom is -0.375 e. The van der Waals surface area contributed by atoms with E-state index in [1.54, 1.807) is 0 Å². The van der Waals surface area contributed by atoms with Gasteiger partial charge in [0, 0.05) is 13.7 Å². The van der Waals surface area contributed by atoms with Crippen molar-refractivity contribution in [3.05, 3.63) is 0 Å². The molecule has 10 heavy (non-hydrogen) atoms. The molecule has 0 aliphatic heterocycles. The fourth-order valence-electron chi connectivity index (χ4n) is 0.762. The first kappa shape index (κ1) is 7.54. The van der Waals surface area contributed by atoms with Crippen molar-refractivity contribution in [3.8, 4) is 0 Å². The maximum absolute atomic E-state index is 10.7. The number of carbonyl (C=O) groups is 1. The molecule has 0 aromatic heterocycles. The van der Waals surface area contributed by atoms with Crippen LogP contribution >= 0.6 is 0 Å². The molecule has 0 aromatic rings. The van der Waals surface area contributed by atoms with E-state index in [1.807, 2.05) is 0 Å². The van der Waals surface area contributed by atoms with Crippen LogP contribution in [0, 0.1) is 5.92 Å². The smallest absolute Gasteiger partial charge is 0.245 e. The van der Waals surface area contributed by atoms with E-state index in [2.05, 4.69) is 10.1 Å². The average molecular weight is 143 g/mol. The Labute approximate surface area is 60.7 Å². The van der Waals surface area contributed by atoms with Gasteiger partial charge in [-0.1, -0.05) is 0 Å². The summed E-state index contributed by atoms with van der Waals surface area (Å²) in [6.07, 6.45) is 2.54. The van der Waals surface area contributed by atoms with Gasteiger partial charge in [0.05, 0.1) is 0 Å². The van der Waals surface area contributed by atoms with Gasteiger partial charge >= 0.3 is 0 Å². The molecule has 0 unspecified atom stereocenters. The van der Waals surface area contributed by atoms with Crippen LogP contribution in [0.3, 0.4) is 0 Å². The van der Waals surface area contributed by atoms with Gasteiger partial charge in [0.1, 0.15) is 6.61 Å². The summed E-state index contributed by atoms with van der Waals surface area (Å²) >= 11 is 0. The van der Waals surface area contributed by atoms with E-state index < -0.39 is 0 Å². The summed E-state index contributed by atoms with van der Waals surface area (Å²) < 4.78 is 4.64. The normalized spacial score (nSPS) is 16.9. The van der Waals surface area contributed by atoms with Crippen molar-refractivity contribution in [2.75, 3.05) is 20.3 Å². The zero-order valence-electron chi connectivity index (χ0n) is 6.22. The zero-order valence-corrected chi connectivity index (χ0v) is 6.22. The predicted molar refractivity (Wildman–Crippen MR) is 37.6 cm³/mol. The lowest BCUT2D eigenvalue weighted by Gasteiger charge is -2.00. The lowest BCUT2D eigenvalue weighted by Crippen LogP contribution is -2.28. The van der Waals surface area contributed by atoms with E-state index in [-0.39, 0.29) is 12.5 Å². The largest absolute Gasteiger partial charge is 0.375 e. The summed E-state index contributed by atoms with van der Waals surface area (Å²) in [6.45, 7) is 1.02. The first-order valence-electron chi connectivity index (χ1n) is 3.58. The number of nitrogens with one attached hydrogen (secondary N) is 1. The van der Waals surface area contributed by atoms with E-state index in [9.17, 15) is 4.79 Å².